The fourth-order valence-electron chi connectivity index (χ4n) is 1.35. The third-order valence-corrected chi connectivity index (χ3v) is 2.29. The Kier molecular flexibility index (Phi) is 4.90. The van der Waals surface area contributed by atoms with E-state index in [-0.39, 0.29) is 6.54 Å². The number of anilines is 1. The van der Waals surface area contributed by atoms with Crippen LogP contribution in [-0.2, 0) is 11.3 Å². The molecule has 5 nitrogen and oxygen atoms in total. The number of hydrogen-bond donors (Lipinski definition) is 2. The summed E-state index contributed by atoms with van der Waals surface area (Å²) >= 11 is 0. The molecule has 0 aliphatic heterocycles. The number of nitrogens with zero attached hydrogens (tertiary/aromatic N) is 2. The molecule has 0 amide bonds. The molecule has 0 atom stereocenters. The van der Waals surface area contributed by atoms with E-state index in [1.807, 2.05) is 12.1 Å². The third-order valence-electron chi connectivity index (χ3n) is 2.29. The summed E-state index contributed by atoms with van der Waals surface area (Å²) < 4.78 is 0. The van der Waals surface area contributed by atoms with Crippen molar-refractivity contribution in [3.63, 3.8) is 0 Å². The van der Waals surface area contributed by atoms with Gasteiger partial charge in [-0.3, -0.25) is 4.79 Å². The largest absolute Gasteiger partial charge is 0.480 e. The molecule has 0 saturated heterocycles. The van der Waals surface area contributed by atoms with Gasteiger partial charge in [0.1, 0.15) is 12.4 Å². The molecule has 0 bridgehead atoms. The summed E-state index contributed by atoms with van der Waals surface area (Å²) in [7, 11) is 1.71. The summed E-state index contributed by atoms with van der Waals surface area (Å²) in [5, 5.41) is 12.0. The van der Waals surface area contributed by atoms with E-state index in [0.717, 1.165) is 12.1 Å². The lowest BCUT2D eigenvalue weighted by atomic mass is 10.2. The Labute approximate surface area is 101 Å². The van der Waals surface area contributed by atoms with Crippen LogP contribution in [0.2, 0.25) is 0 Å². The minimum Gasteiger partial charge on any atom is -0.480 e. The quantitative estimate of drug-likeness (QED) is 0.775. The van der Waals surface area contributed by atoms with Crippen LogP contribution in [0.5, 0.6) is 0 Å². The molecule has 0 aliphatic carbocycles. The number of hydrogen-bond acceptors (Lipinski definition) is 4. The molecule has 2 N–H and O–H groups in total. The molecule has 0 aromatic carbocycles. The van der Waals surface area contributed by atoms with Crippen LogP contribution in [0.1, 0.15) is 19.4 Å². The first-order valence-corrected chi connectivity index (χ1v) is 5.60. The first kappa shape index (κ1) is 13.4. The van der Waals surface area contributed by atoms with E-state index in [2.05, 4.69) is 24.1 Å². The number of carboxylic acids is 1. The number of carbonyl (C=O) groups is 1. The zero-order valence-corrected chi connectivity index (χ0v) is 10.5. The van der Waals surface area contributed by atoms with E-state index >= 15 is 0 Å². The van der Waals surface area contributed by atoms with Crippen LogP contribution < -0.4 is 10.2 Å². The lowest BCUT2D eigenvalue weighted by molar-refractivity contribution is -0.135. The van der Waals surface area contributed by atoms with Gasteiger partial charge < -0.3 is 15.3 Å². The van der Waals surface area contributed by atoms with Crippen LogP contribution in [0, 0.1) is 0 Å². The van der Waals surface area contributed by atoms with Crippen molar-refractivity contribution in [3.05, 3.63) is 23.9 Å². The number of pyridine rings is 1. The molecular weight excluding hydrogens is 218 g/mol. The molecule has 0 aliphatic rings. The summed E-state index contributed by atoms with van der Waals surface area (Å²) in [6.45, 7) is 4.90. The predicted octanol–water partition coefficient (Wildman–Crippen LogP) is 1.10. The zero-order valence-electron chi connectivity index (χ0n) is 10.5. The molecule has 17 heavy (non-hydrogen) atoms. The van der Waals surface area contributed by atoms with E-state index in [9.17, 15) is 4.79 Å². The number of aromatic nitrogens is 1. The number of likely N-dealkylation sites (N-methyl/N-ethyl adjacent to an activating group) is 1. The highest BCUT2D eigenvalue weighted by Gasteiger charge is 2.06. The van der Waals surface area contributed by atoms with Gasteiger partial charge in [-0.25, -0.2) is 4.98 Å². The minimum atomic E-state index is -0.861. The Balaban J connectivity index is 2.58. The van der Waals surface area contributed by atoms with Crippen LogP contribution >= 0.6 is 0 Å². The molecule has 0 saturated carbocycles. The third kappa shape index (κ3) is 4.82. The average Bonchev–Trinajstić information content (AvgIpc) is 2.26. The normalized spacial score (nSPS) is 10.6. The molecule has 0 spiro atoms. The predicted molar refractivity (Wildman–Crippen MR) is 67.1 cm³/mol. The summed E-state index contributed by atoms with van der Waals surface area (Å²) in [4.78, 5) is 16.4. The Morgan fingerprint density at radius 1 is 1.53 bits per heavy atom. The van der Waals surface area contributed by atoms with Gasteiger partial charge in [0, 0.05) is 25.8 Å². The smallest absolute Gasteiger partial charge is 0.323 e. The van der Waals surface area contributed by atoms with Crippen LogP contribution in [0.4, 0.5) is 5.82 Å². The fraction of sp³-hybridized carbons (Fsp3) is 0.500. The van der Waals surface area contributed by atoms with E-state index < -0.39 is 5.97 Å². The molecule has 5 heteroatoms. The van der Waals surface area contributed by atoms with Crippen LogP contribution in [0.15, 0.2) is 18.3 Å². The van der Waals surface area contributed by atoms with E-state index in [0.29, 0.717) is 11.9 Å². The molecule has 0 fully saturated rings. The standard InChI is InChI=1S/C12H19N3O2/c1-9(2)13-6-10-4-5-11(14-7-10)15(3)8-12(16)17/h4-5,7,9,13H,6,8H2,1-3H3,(H,16,17). The highest BCUT2D eigenvalue weighted by molar-refractivity contribution is 5.72. The summed E-state index contributed by atoms with van der Waals surface area (Å²) in [5.41, 5.74) is 1.09. The number of nitrogens with one attached hydrogen (secondary N) is 1. The zero-order chi connectivity index (χ0) is 12.8. The van der Waals surface area contributed by atoms with Crippen LogP contribution in [-0.4, -0.2) is 35.7 Å². The summed E-state index contributed by atoms with van der Waals surface area (Å²) in [6.07, 6.45) is 1.77. The molecule has 0 unspecified atom stereocenters. The average molecular weight is 237 g/mol. The first-order chi connectivity index (χ1) is 7.99. The first-order valence-electron chi connectivity index (χ1n) is 5.60. The van der Waals surface area contributed by atoms with Crippen molar-refractivity contribution in [3.8, 4) is 0 Å². The van der Waals surface area contributed by atoms with Gasteiger partial charge in [-0.05, 0) is 11.6 Å². The van der Waals surface area contributed by atoms with Gasteiger partial charge in [0.2, 0.25) is 0 Å². The number of rotatable bonds is 6. The van der Waals surface area contributed by atoms with Gasteiger partial charge in [0.15, 0.2) is 0 Å². The van der Waals surface area contributed by atoms with Crippen molar-refractivity contribution < 1.29 is 9.90 Å². The number of aliphatic carboxylic acids is 1. The highest BCUT2D eigenvalue weighted by Crippen LogP contribution is 2.09. The van der Waals surface area contributed by atoms with Gasteiger partial charge in [-0.1, -0.05) is 19.9 Å². The van der Waals surface area contributed by atoms with E-state index in [4.69, 9.17) is 5.11 Å². The lowest BCUT2D eigenvalue weighted by Crippen LogP contribution is -2.26. The maximum atomic E-state index is 10.5. The topological polar surface area (TPSA) is 65.5 Å². The maximum Gasteiger partial charge on any atom is 0.323 e. The van der Waals surface area contributed by atoms with Gasteiger partial charge in [0.25, 0.3) is 0 Å². The molecule has 1 aromatic heterocycles. The van der Waals surface area contributed by atoms with Crippen molar-refractivity contribution in [2.75, 3.05) is 18.5 Å². The van der Waals surface area contributed by atoms with E-state index in [1.165, 1.54) is 0 Å². The van der Waals surface area contributed by atoms with Gasteiger partial charge in [-0.2, -0.15) is 0 Å². The van der Waals surface area contributed by atoms with Crippen LogP contribution in [0.25, 0.3) is 0 Å². The Morgan fingerprint density at radius 2 is 2.24 bits per heavy atom. The van der Waals surface area contributed by atoms with Crippen molar-refractivity contribution in [2.45, 2.75) is 26.4 Å². The monoisotopic (exact) mass is 237 g/mol. The molecule has 1 rings (SSSR count). The van der Waals surface area contributed by atoms with Crippen molar-refractivity contribution in [2.24, 2.45) is 0 Å². The summed E-state index contributed by atoms with van der Waals surface area (Å²) in [6, 6.07) is 4.22. The molecule has 1 aromatic rings. The molecular formula is C12H19N3O2. The van der Waals surface area contributed by atoms with Gasteiger partial charge in [0.05, 0.1) is 0 Å². The van der Waals surface area contributed by atoms with E-state index in [1.54, 1.807) is 18.1 Å². The Hall–Kier alpha value is -1.62. The highest BCUT2D eigenvalue weighted by atomic mass is 16.4. The van der Waals surface area contributed by atoms with Gasteiger partial charge in [-0.15, -0.1) is 0 Å². The van der Waals surface area contributed by atoms with Crippen molar-refractivity contribution >= 4 is 11.8 Å². The number of carboxylic acid groups (broad SMARTS) is 1. The molecule has 94 valence electrons. The fourth-order valence-corrected chi connectivity index (χ4v) is 1.35. The van der Waals surface area contributed by atoms with Crippen molar-refractivity contribution in [1.29, 1.82) is 0 Å². The Bertz CT molecular complexity index is 363. The van der Waals surface area contributed by atoms with Crippen molar-refractivity contribution in [1.82, 2.24) is 10.3 Å². The molecule has 0 radical (unpaired) electrons. The minimum absolute atomic E-state index is 0.0450. The second-order valence-corrected chi connectivity index (χ2v) is 4.31. The lowest BCUT2D eigenvalue weighted by Gasteiger charge is -2.15. The maximum absolute atomic E-state index is 10.5. The SMILES string of the molecule is CC(C)NCc1ccc(N(C)CC(=O)O)nc1. The molecule has 1 heterocycles. The van der Waals surface area contributed by atoms with Gasteiger partial charge >= 0.3 is 5.97 Å². The second-order valence-electron chi connectivity index (χ2n) is 4.31. The Morgan fingerprint density at radius 3 is 2.71 bits per heavy atom. The summed E-state index contributed by atoms with van der Waals surface area (Å²) in [5.74, 6) is -0.194. The second kappa shape index (κ2) is 6.20. The van der Waals surface area contributed by atoms with Crippen LogP contribution in [0.3, 0.4) is 0 Å².